The van der Waals surface area contributed by atoms with Gasteiger partial charge in [-0.2, -0.15) is 0 Å². The van der Waals surface area contributed by atoms with E-state index in [1.807, 2.05) is 30.3 Å². The molecule has 2 aromatic carbocycles. The predicted octanol–water partition coefficient (Wildman–Crippen LogP) is 3.36. The Hall–Kier alpha value is -3.35. The fraction of sp³-hybridized carbons (Fsp3) is 0.158. The van der Waals surface area contributed by atoms with Crippen molar-refractivity contribution in [3.05, 3.63) is 78.1 Å². The molecule has 1 amide bonds. The Morgan fingerprint density at radius 2 is 2.04 bits per heavy atom. The van der Waals surface area contributed by atoms with Crippen LogP contribution in [0.5, 0.6) is 0 Å². The highest BCUT2D eigenvalue weighted by atomic mass is 19.1. The molecule has 3 aromatic rings. The van der Waals surface area contributed by atoms with E-state index >= 15 is 0 Å². The maximum Gasteiger partial charge on any atom is 0.410 e. The van der Waals surface area contributed by atoms with Gasteiger partial charge in [0.05, 0.1) is 12.2 Å². The Balaban J connectivity index is 1.66. The van der Waals surface area contributed by atoms with Gasteiger partial charge in [-0.05, 0) is 17.7 Å². The zero-order valence-corrected chi connectivity index (χ0v) is 14.3. The molecule has 1 aromatic heterocycles. The molecule has 3 rings (SSSR count). The van der Waals surface area contributed by atoms with Crippen molar-refractivity contribution in [1.82, 2.24) is 14.5 Å². The lowest BCUT2D eigenvalue weighted by Gasteiger charge is -2.18. The highest BCUT2D eigenvalue weighted by molar-refractivity contribution is 5.67. The van der Waals surface area contributed by atoms with Gasteiger partial charge in [0.2, 0.25) is 0 Å². The zero-order valence-electron chi connectivity index (χ0n) is 14.3. The number of benzene rings is 2. The van der Waals surface area contributed by atoms with Crippen LogP contribution in [0.3, 0.4) is 0 Å². The van der Waals surface area contributed by atoms with Crippen LogP contribution in [0.4, 0.5) is 14.9 Å². The van der Waals surface area contributed by atoms with Crippen molar-refractivity contribution in [2.24, 2.45) is 0 Å². The second kappa shape index (κ2) is 7.69. The van der Waals surface area contributed by atoms with Gasteiger partial charge in [0, 0.05) is 31.2 Å². The third-order valence-corrected chi connectivity index (χ3v) is 3.87. The molecule has 0 unspecified atom stereocenters. The molecule has 2 N–H and O–H groups in total. The molecule has 0 atom stereocenters. The van der Waals surface area contributed by atoms with Gasteiger partial charge in [-0.1, -0.05) is 30.3 Å². The molecular formula is C19H19FN4O2. The first-order valence-corrected chi connectivity index (χ1v) is 8.04. The molecule has 26 heavy (non-hydrogen) atoms. The molecule has 0 saturated heterocycles. The summed E-state index contributed by atoms with van der Waals surface area (Å²) in [5.41, 5.74) is 7.08. The Labute approximate surface area is 150 Å². The Bertz CT molecular complexity index is 896. The summed E-state index contributed by atoms with van der Waals surface area (Å²) >= 11 is 0. The van der Waals surface area contributed by atoms with Crippen LogP contribution < -0.4 is 5.73 Å². The van der Waals surface area contributed by atoms with E-state index in [4.69, 9.17) is 10.5 Å². The number of halogens is 1. The van der Waals surface area contributed by atoms with E-state index in [9.17, 15) is 9.18 Å². The molecule has 6 nitrogen and oxygen atoms in total. The number of rotatable bonds is 5. The fourth-order valence-corrected chi connectivity index (χ4v) is 2.46. The maximum absolute atomic E-state index is 13.7. The predicted molar refractivity (Wildman–Crippen MR) is 96.0 cm³/mol. The summed E-state index contributed by atoms with van der Waals surface area (Å²) in [4.78, 5) is 17.8. The van der Waals surface area contributed by atoms with Crippen LogP contribution in [0.2, 0.25) is 0 Å². The SMILES string of the molecule is CN(Cc1nccn1-c1ccc(N)c(F)c1)C(=O)OCc1ccccc1. The third-order valence-electron chi connectivity index (χ3n) is 3.87. The highest BCUT2D eigenvalue weighted by Crippen LogP contribution is 2.17. The van der Waals surface area contributed by atoms with E-state index in [1.54, 1.807) is 30.1 Å². The molecule has 0 fully saturated rings. The molecule has 0 aliphatic carbocycles. The summed E-state index contributed by atoms with van der Waals surface area (Å²) in [6.45, 7) is 0.411. The molecule has 0 aliphatic rings. The Kier molecular flexibility index (Phi) is 5.17. The largest absolute Gasteiger partial charge is 0.445 e. The van der Waals surface area contributed by atoms with Crippen molar-refractivity contribution >= 4 is 11.8 Å². The number of anilines is 1. The van der Waals surface area contributed by atoms with E-state index in [-0.39, 0.29) is 18.8 Å². The number of nitrogen functional groups attached to an aromatic ring is 1. The average molecular weight is 354 g/mol. The second-order valence-electron chi connectivity index (χ2n) is 5.82. The van der Waals surface area contributed by atoms with E-state index < -0.39 is 11.9 Å². The van der Waals surface area contributed by atoms with Crippen molar-refractivity contribution < 1.29 is 13.9 Å². The number of nitrogens with two attached hydrogens (primary N) is 1. The van der Waals surface area contributed by atoms with Crippen LogP contribution >= 0.6 is 0 Å². The normalized spacial score (nSPS) is 10.5. The standard InChI is InChI=1S/C19H19FN4O2/c1-23(19(25)26-13-14-5-3-2-4-6-14)12-18-22-9-10-24(18)15-7-8-17(21)16(20)11-15/h2-11H,12-13,21H2,1H3. The zero-order chi connectivity index (χ0) is 18.5. The van der Waals surface area contributed by atoms with Crippen LogP contribution in [-0.2, 0) is 17.9 Å². The van der Waals surface area contributed by atoms with E-state index in [0.29, 0.717) is 11.5 Å². The monoisotopic (exact) mass is 354 g/mol. The lowest BCUT2D eigenvalue weighted by Crippen LogP contribution is -2.28. The minimum Gasteiger partial charge on any atom is -0.445 e. The van der Waals surface area contributed by atoms with E-state index in [2.05, 4.69) is 4.98 Å². The molecule has 7 heteroatoms. The summed E-state index contributed by atoms with van der Waals surface area (Å²) in [6.07, 6.45) is 2.82. The first-order valence-electron chi connectivity index (χ1n) is 8.04. The number of ether oxygens (including phenoxy) is 1. The number of nitrogens with zero attached hydrogens (tertiary/aromatic N) is 3. The van der Waals surface area contributed by atoms with E-state index in [0.717, 1.165) is 5.56 Å². The van der Waals surface area contributed by atoms with Gasteiger partial charge in [0.1, 0.15) is 18.2 Å². The van der Waals surface area contributed by atoms with Gasteiger partial charge in [-0.15, -0.1) is 0 Å². The molecule has 0 saturated carbocycles. The number of hydrogen-bond donors (Lipinski definition) is 1. The molecule has 0 radical (unpaired) electrons. The van der Waals surface area contributed by atoms with Gasteiger partial charge in [-0.3, -0.25) is 0 Å². The van der Waals surface area contributed by atoms with Crippen molar-refractivity contribution in [2.75, 3.05) is 12.8 Å². The van der Waals surface area contributed by atoms with E-state index in [1.165, 1.54) is 17.0 Å². The lowest BCUT2D eigenvalue weighted by molar-refractivity contribution is 0.102. The second-order valence-corrected chi connectivity index (χ2v) is 5.82. The number of aromatic nitrogens is 2. The van der Waals surface area contributed by atoms with Crippen LogP contribution in [0.25, 0.3) is 5.69 Å². The van der Waals surface area contributed by atoms with Gasteiger partial charge < -0.3 is 19.9 Å². The van der Waals surface area contributed by atoms with Crippen LogP contribution in [0.15, 0.2) is 60.9 Å². The summed E-state index contributed by atoms with van der Waals surface area (Å²) in [5.74, 6) is 0.0751. The molecule has 0 aliphatic heterocycles. The van der Waals surface area contributed by atoms with Crippen molar-refractivity contribution in [3.63, 3.8) is 0 Å². The smallest absolute Gasteiger partial charge is 0.410 e. The minimum atomic E-state index is -0.502. The summed E-state index contributed by atoms with van der Waals surface area (Å²) in [5, 5.41) is 0. The first-order chi connectivity index (χ1) is 12.5. The highest BCUT2D eigenvalue weighted by Gasteiger charge is 2.15. The topological polar surface area (TPSA) is 73.4 Å². The summed E-state index contributed by atoms with van der Waals surface area (Å²) in [7, 11) is 1.62. The van der Waals surface area contributed by atoms with Gasteiger partial charge in [0.15, 0.2) is 0 Å². The lowest BCUT2D eigenvalue weighted by atomic mass is 10.2. The number of hydrogen-bond acceptors (Lipinski definition) is 4. The molecule has 1 heterocycles. The summed E-state index contributed by atoms with van der Waals surface area (Å²) in [6, 6.07) is 13.9. The fourth-order valence-electron chi connectivity index (χ4n) is 2.46. The Morgan fingerprint density at radius 3 is 2.77 bits per heavy atom. The number of amides is 1. The van der Waals surface area contributed by atoms with Crippen molar-refractivity contribution in [2.45, 2.75) is 13.2 Å². The Morgan fingerprint density at radius 1 is 1.27 bits per heavy atom. The van der Waals surface area contributed by atoms with Gasteiger partial charge >= 0.3 is 6.09 Å². The van der Waals surface area contributed by atoms with Crippen molar-refractivity contribution in [1.29, 1.82) is 0 Å². The molecule has 0 bridgehead atoms. The van der Waals surface area contributed by atoms with Crippen LogP contribution in [0, 0.1) is 5.82 Å². The van der Waals surface area contributed by atoms with Crippen LogP contribution in [-0.4, -0.2) is 27.6 Å². The molecule has 0 spiro atoms. The van der Waals surface area contributed by atoms with Crippen LogP contribution in [0.1, 0.15) is 11.4 Å². The van der Waals surface area contributed by atoms with Gasteiger partial charge in [0.25, 0.3) is 0 Å². The number of carbonyl (C=O) groups is 1. The number of carbonyl (C=O) groups excluding carboxylic acids is 1. The molecular weight excluding hydrogens is 335 g/mol. The third kappa shape index (κ3) is 4.00. The maximum atomic E-state index is 13.7. The minimum absolute atomic E-state index is 0.0806. The molecule has 134 valence electrons. The first kappa shape index (κ1) is 17.5. The average Bonchev–Trinajstić information content (AvgIpc) is 3.11. The number of imidazole rings is 1. The quantitative estimate of drug-likeness (QED) is 0.713. The van der Waals surface area contributed by atoms with Gasteiger partial charge in [-0.25, -0.2) is 14.2 Å². The van der Waals surface area contributed by atoms with Crippen molar-refractivity contribution in [3.8, 4) is 5.69 Å². The summed E-state index contributed by atoms with van der Waals surface area (Å²) < 4.78 is 20.7.